The molecule has 1 aromatic rings. The second kappa shape index (κ2) is 4.95. The summed E-state index contributed by atoms with van der Waals surface area (Å²) in [6.45, 7) is 5.88. The minimum Gasteiger partial charge on any atom is -0.249 e. The highest BCUT2D eigenvalue weighted by atomic mass is 32.1. The molecular weight excluding hydrogens is 144 g/mol. The van der Waals surface area contributed by atoms with Gasteiger partial charge in [-0.05, 0) is 6.92 Å². The largest absolute Gasteiger partial charge is 0.249 e. The summed E-state index contributed by atoms with van der Waals surface area (Å²) in [5.74, 6) is 0. The van der Waals surface area contributed by atoms with E-state index in [1.54, 1.807) is 6.20 Å². The van der Waals surface area contributed by atoms with Crippen molar-refractivity contribution in [2.75, 3.05) is 0 Å². The van der Waals surface area contributed by atoms with E-state index in [0.29, 0.717) is 4.88 Å². The molecule has 54 valence electrons. The minimum atomic E-state index is 0.683. The zero-order chi connectivity index (χ0) is 7.98. The first kappa shape index (κ1) is 9.12. The lowest BCUT2D eigenvalue weighted by Crippen LogP contribution is -1.57. The van der Waals surface area contributed by atoms with Gasteiger partial charge in [-0.1, -0.05) is 13.8 Å². The fourth-order valence-corrected chi connectivity index (χ4v) is 0.988. The zero-order valence-electron chi connectivity index (χ0n) is 6.38. The monoisotopic (exact) mass is 154 g/mol. The third kappa shape index (κ3) is 2.60. The van der Waals surface area contributed by atoms with Crippen molar-refractivity contribution in [3.05, 3.63) is 16.1 Å². The van der Waals surface area contributed by atoms with E-state index in [2.05, 4.69) is 4.98 Å². The molecule has 0 radical (unpaired) electrons. The smallest absolute Gasteiger partial charge is 0.124 e. The molecule has 0 aliphatic rings. The van der Waals surface area contributed by atoms with Gasteiger partial charge in [0.2, 0.25) is 0 Å². The summed E-state index contributed by atoms with van der Waals surface area (Å²) in [7, 11) is 0. The molecule has 10 heavy (non-hydrogen) atoms. The van der Waals surface area contributed by atoms with Crippen molar-refractivity contribution in [1.82, 2.24) is 4.98 Å². The summed E-state index contributed by atoms with van der Waals surface area (Å²) < 4.78 is 0. The highest BCUT2D eigenvalue weighted by Gasteiger charge is 1.91. The summed E-state index contributed by atoms with van der Waals surface area (Å²) >= 11 is 1.42. The molecule has 0 saturated heterocycles. The molecule has 2 nitrogen and oxygen atoms in total. The molecule has 0 aromatic carbocycles. The first-order valence-electron chi connectivity index (χ1n) is 3.15. The SMILES string of the molecule is CC.Cc1ncc(C#N)s1. The Morgan fingerprint density at radius 2 is 2.20 bits per heavy atom. The van der Waals surface area contributed by atoms with E-state index in [1.165, 1.54) is 11.3 Å². The van der Waals surface area contributed by atoms with E-state index in [0.717, 1.165) is 5.01 Å². The van der Waals surface area contributed by atoms with Gasteiger partial charge in [-0.3, -0.25) is 0 Å². The number of rotatable bonds is 0. The highest BCUT2D eigenvalue weighted by Crippen LogP contribution is 2.08. The summed E-state index contributed by atoms with van der Waals surface area (Å²) in [5, 5.41) is 9.22. The molecule has 1 rings (SSSR count). The molecule has 0 N–H and O–H groups in total. The molecule has 0 atom stereocenters. The topological polar surface area (TPSA) is 36.7 Å². The van der Waals surface area contributed by atoms with E-state index in [1.807, 2.05) is 26.8 Å². The molecule has 0 fully saturated rings. The van der Waals surface area contributed by atoms with Crippen LogP contribution in [0.5, 0.6) is 0 Å². The van der Waals surface area contributed by atoms with Crippen molar-refractivity contribution < 1.29 is 0 Å². The van der Waals surface area contributed by atoms with Crippen LogP contribution in [0, 0.1) is 18.3 Å². The summed E-state index contributed by atoms with van der Waals surface area (Å²) in [6, 6.07) is 2.00. The molecule has 0 bridgehead atoms. The van der Waals surface area contributed by atoms with Crippen LogP contribution in [-0.4, -0.2) is 4.98 Å². The molecule has 1 heterocycles. The van der Waals surface area contributed by atoms with Gasteiger partial charge in [0.1, 0.15) is 10.9 Å². The van der Waals surface area contributed by atoms with Crippen LogP contribution in [0.4, 0.5) is 0 Å². The first-order chi connectivity index (χ1) is 4.83. The summed E-state index contributed by atoms with van der Waals surface area (Å²) in [6.07, 6.45) is 1.58. The molecule has 1 aromatic heterocycles. The van der Waals surface area contributed by atoms with Gasteiger partial charge in [-0.25, -0.2) is 4.98 Å². The zero-order valence-corrected chi connectivity index (χ0v) is 7.20. The quantitative estimate of drug-likeness (QED) is 0.575. The lowest BCUT2D eigenvalue weighted by molar-refractivity contribution is 1.29. The molecule has 3 heteroatoms. The van der Waals surface area contributed by atoms with Crippen LogP contribution in [0.25, 0.3) is 0 Å². The average molecular weight is 154 g/mol. The van der Waals surface area contributed by atoms with Crippen molar-refractivity contribution in [1.29, 1.82) is 5.26 Å². The predicted octanol–water partition coefficient (Wildman–Crippen LogP) is 2.35. The van der Waals surface area contributed by atoms with Crippen LogP contribution in [0.1, 0.15) is 23.7 Å². The number of hydrogen-bond acceptors (Lipinski definition) is 3. The molecule has 0 amide bonds. The van der Waals surface area contributed by atoms with Crippen LogP contribution >= 0.6 is 11.3 Å². The van der Waals surface area contributed by atoms with E-state index in [4.69, 9.17) is 5.26 Å². The maximum atomic E-state index is 8.27. The third-order valence-electron chi connectivity index (χ3n) is 0.731. The van der Waals surface area contributed by atoms with Crippen molar-refractivity contribution in [3.63, 3.8) is 0 Å². The Bertz CT molecular complexity index is 222. The highest BCUT2D eigenvalue weighted by molar-refractivity contribution is 7.12. The summed E-state index contributed by atoms with van der Waals surface area (Å²) in [4.78, 5) is 4.57. The lowest BCUT2D eigenvalue weighted by Gasteiger charge is -1.67. The second-order valence-corrected chi connectivity index (χ2v) is 2.59. The molecular formula is C7H10N2S. The standard InChI is InChI=1S/C5H4N2S.C2H6/c1-4-7-3-5(2-6)8-4;1-2/h3H,1H3;1-2H3. The predicted molar refractivity (Wildman–Crippen MR) is 42.9 cm³/mol. The lowest BCUT2D eigenvalue weighted by atomic mass is 10.6. The number of aryl methyl sites for hydroxylation is 1. The van der Waals surface area contributed by atoms with Crippen LogP contribution in [0.3, 0.4) is 0 Å². The fourth-order valence-electron chi connectivity index (χ4n) is 0.413. The Labute approximate surface area is 65.1 Å². The van der Waals surface area contributed by atoms with Crippen molar-refractivity contribution in [2.45, 2.75) is 20.8 Å². The average Bonchev–Trinajstić information content (AvgIpc) is 2.40. The van der Waals surface area contributed by atoms with E-state index in [9.17, 15) is 0 Å². The van der Waals surface area contributed by atoms with Crippen LogP contribution in [-0.2, 0) is 0 Å². The van der Waals surface area contributed by atoms with Crippen LogP contribution in [0.15, 0.2) is 6.20 Å². The Morgan fingerprint density at radius 3 is 2.40 bits per heavy atom. The van der Waals surface area contributed by atoms with Gasteiger partial charge in [0.05, 0.1) is 11.2 Å². The summed E-state index contributed by atoms with van der Waals surface area (Å²) in [5.41, 5.74) is 0. The van der Waals surface area contributed by atoms with Gasteiger partial charge in [0.25, 0.3) is 0 Å². The van der Waals surface area contributed by atoms with Gasteiger partial charge in [-0.2, -0.15) is 5.26 Å². The van der Waals surface area contributed by atoms with E-state index in [-0.39, 0.29) is 0 Å². The van der Waals surface area contributed by atoms with Crippen LogP contribution < -0.4 is 0 Å². The Kier molecular flexibility index (Phi) is 4.51. The normalized spacial score (nSPS) is 7.40. The van der Waals surface area contributed by atoms with Gasteiger partial charge in [0, 0.05) is 0 Å². The maximum Gasteiger partial charge on any atom is 0.124 e. The fraction of sp³-hybridized carbons (Fsp3) is 0.429. The minimum absolute atomic E-state index is 0.683. The molecule has 0 saturated carbocycles. The van der Waals surface area contributed by atoms with Crippen molar-refractivity contribution >= 4 is 11.3 Å². The molecule has 0 spiro atoms. The third-order valence-corrected chi connectivity index (χ3v) is 1.55. The number of nitriles is 1. The van der Waals surface area contributed by atoms with E-state index >= 15 is 0 Å². The van der Waals surface area contributed by atoms with Gasteiger partial charge < -0.3 is 0 Å². The van der Waals surface area contributed by atoms with Gasteiger partial charge >= 0.3 is 0 Å². The van der Waals surface area contributed by atoms with Crippen molar-refractivity contribution in [3.8, 4) is 6.07 Å². The second-order valence-electron chi connectivity index (χ2n) is 1.36. The molecule has 0 unspecified atom stereocenters. The number of hydrogen-bond donors (Lipinski definition) is 0. The molecule has 0 aliphatic carbocycles. The molecule has 0 aliphatic heterocycles. The Balaban J connectivity index is 0.000000371. The van der Waals surface area contributed by atoms with Crippen molar-refractivity contribution in [2.24, 2.45) is 0 Å². The maximum absolute atomic E-state index is 8.27. The van der Waals surface area contributed by atoms with E-state index < -0.39 is 0 Å². The van der Waals surface area contributed by atoms with Gasteiger partial charge in [0.15, 0.2) is 0 Å². The van der Waals surface area contributed by atoms with Gasteiger partial charge in [-0.15, -0.1) is 11.3 Å². The Morgan fingerprint density at radius 1 is 1.60 bits per heavy atom. The number of thiazole rings is 1. The Hall–Kier alpha value is -0.880. The number of aromatic nitrogens is 1. The number of nitrogens with zero attached hydrogens (tertiary/aromatic N) is 2. The first-order valence-corrected chi connectivity index (χ1v) is 3.97. The van der Waals surface area contributed by atoms with Crippen LogP contribution in [0.2, 0.25) is 0 Å².